The van der Waals surface area contributed by atoms with Crippen LogP contribution in [0.2, 0.25) is 0 Å². The quantitative estimate of drug-likeness (QED) is 0.889. The Morgan fingerprint density at radius 3 is 2.27 bits per heavy atom. The van der Waals surface area contributed by atoms with Crippen molar-refractivity contribution in [3.63, 3.8) is 0 Å². The van der Waals surface area contributed by atoms with E-state index in [0.29, 0.717) is 18.8 Å². The largest absolute Gasteiger partial charge is 0.338 e. The lowest BCUT2D eigenvalue weighted by molar-refractivity contribution is 0.0711. The molecule has 1 fully saturated rings. The van der Waals surface area contributed by atoms with Crippen molar-refractivity contribution in [3.8, 4) is 0 Å². The number of nitrogens with zero attached hydrogens (tertiary/aromatic N) is 2. The first-order valence-corrected chi connectivity index (χ1v) is 10.0. The Hall–Kier alpha value is -2.38. The highest BCUT2D eigenvalue weighted by molar-refractivity contribution is 7.92. The predicted molar refractivity (Wildman–Crippen MR) is 102 cm³/mol. The van der Waals surface area contributed by atoms with Gasteiger partial charge in [0.1, 0.15) is 4.90 Å². The maximum Gasteiger partial charge on any atom is 0.264 e. The number of carbonyl (C=O) groups is 1. The van der Waals surface area contributed by atoms with E-state index in [4.69, 9.17) is 5.73 Å². The number of piperidine rings is 1. The first-order chi connectivity index (χ1) is 12.4. The summed E-state index contributed by atoms with van der Waals surface area (Å²) >= 11 is 0. The minimum absolute atomic E-state index is 0.0197. The van der Waals surface area contributed by atoms with Crippen molar-refractivity contribution in [3.05, 3.63) is 60.2 Å². The molecule has 0 radical (unpaired) electrons. The lowest BCUT2D eigenvalue weighted by atomic mass is 10.0. The van der Waals surface area contributed by atoms with E-state index in [0.717, 1.165) is 12.8 Å². The van der Waals surface area contributed by atoms with Crippen LogP contribution in [0.3, 0.4) is 0 Å². The van der Waals surface area contributed by atoms with Crippen molar-refractivity contribution < 1.29 is 13.2 Å². The van der Waals surface area contributed by atoms with Crippen LogP contribution < -0.4 is 10.0 Å². The summed E-state index contributed by atoms with van der Waals surface area (Å²) in [6, 6.07) is 15.3. The van der Waals surface area contributed by atoms with Gasteiger partial charge in [0.15, 0.2) is 0 Å². The first-order valence-electron chi connectivity index (χ1n) is 8.59. The van der Waals surface area contributed by atoms with Crippen LogP contribution in [-0.4, -0.2) is 45.4 Å². The zero-order valence-corrected chi connectivity index (χ0v) is 15.5. The van der Waals surface area contributed by atoms with Crippen molar-refractivity contribution in [2.45, 2.75) is 23.8 Å². The number of likely N-dealkylation sites (tertiary alicyclic amines) is 1. The summed E-state index contributed by atoms with van der Waals surface area (Å²) < 4.78 is 27.5. The van der Waals surface area contributed by atoms with Gasteiger partial charge in [-0.05, 0) is 37.1 Å². The molecule has 0 aromatic heterocycles. The molecular formula is C19H23N3O3S. The fraction of sp³-hybridized carbons (Fsp3) is 0.316. The average Bonchev–Trinajstić information content (AvgIpc) is 2.68. The lowest BCUT2D eigenvalue weighted by Crippen LogP contribution is -2.43. The Morgan fingerprint density at radius 2 is 1.62 bits per heavy atom. The SMILES string of the molecule is CN(c1ccccc1)S(=O)(=O)c1ccccc1C(=O)N1CCC(N)CC1. The number of rotatable bonds is 4. The Morgan fingerprint density at radius 1 is 1.04 bits per heavy atom. The smallest absolute Gasteiger partial charge is 0.264 e. The second-order valence-corrected chi connectivity index (χ2v) is 8.37. The predicted octanol–water partition coefficient (Wildman–Crippen LogP) is 2.08. The number of hydrogen-bond acceptors (Lipinski definition) is 4. The van der Waals surface area contributed by atoms with Gasteiger partial charge in [0.2, 0.25) is 0 Å². The summed E-state index contributed by atoms with van der Waals surface area (Å²) in [5.74, 6) is -0.266. The molecule has 0 spiro atoms. The van der Waals surface area contributed by atoms with Gasteiger partial charge in [-0.25, -0.2) is 8.42 Å². The fourth-order valence-electron chi connectivity index (χ4n) is 3.07. The van der Waals surface area contributed by atoms with Crippen molar-refractivity contribution in [2.75, 3.05) is 24.4 Å². The van der Waals surface area contributed by atoms with Gasteiger partial charge in [-0.1, -0.05) is 30.3 Å². The van der Waals surface area contributed by atoms with Crippen molar-refractivity contribution in [1.29, 1.82) is 0 Å². The molecule has 1 aliphatic rings. The normalized spacial score (nSPS) is 15.7. The maximum absolute atomic E-state index is 13.1. The minimum Gasteiger partial charge on any atom is -0.338 e. The van der Waals surface area contributed by atoms with E-state index >= 15 is 0 Å². The van der Waals surface area contributed by atoms with Crippen LogP contribution in [-0.2, 0) is 10.0 Å². The highest BCUT2D eigenvalue weighted by Crippen LogP contribution is 2.26. The number of hydrogen-bond donors (Lipinski definition) is 1. The summed E-state index contributed by atoms with van der Waals surface area (Å²) in [7, 11) is -2.36. The monoisotopic (exact) mass is 373 g/mol. The van der Waals surface area contributed by atoms with Gasteiger partial charge < -0.3 is 10.6 Å². The molecule has 1 amide bonds. The number of amides is 1. The van der Waals surface area contributed by atoms with Gasteiger partial charge in [-0.2, -0.15) is 0 Å². The number of sulfonamides is 1. The van der Waals surface area contributed by atoms with Crippen molar-refractivity contribution in [2.24, 2.45) is 5.73 Å². The molecule has 2 aromatic rings. The van der Waals surface area contributed by atoms with Gasteiger partial charge in [-0.15, -0.1) is 0 Å². The number of anilines is 1. The van der Waals surface area contributed by atoms with E-state index < -0.39 is 10.0 Å². The topological polar surface area (TPSA) is 83.7 Å². The molecule has 6 nitrogen and oxygen atoms in total. The molecule has 2 N–H and O–H groups in total. The van der Waals surface area contributed by atoms with Crippen LogP contribution >= 0.6 is 0 Å². The number of para-hydroxylation sites is 1. The molecule has 138 valence electrons. The van der Waals surface area contributed by atoms with Gasteiger partial charge in [0.25, 0.3) is 15.9 Å². The summed E-state index contributed by atoms with van der Waals surface area (Å²) in [6.07, 6.45) is 1.45. The molecule has 26 heavy (non-hydrogen) atoms. The van der Waals surface area contributed by atoms with Crippen LogP contribution in [0.4, 0.5) is 5.69 Å². The van der Waals surface area contributed by atoms with Crippen LogP contribution in [0.1, 0.15) is 23.2 Å². The molecule has 0 bridgehead atoms. The Kier molecular flexibility index (Phi) is 5.29. The van der Waals surface area contributed by atoms with E-state index in [-0.39, 0.29) is 22.4 Å². The van der Waals surface area contributed by atoms with E-state index in [9.17, 15) is 13.2 Å². The third-order valence-electron chi connectivity index (χ3n) is 4.70. The van der Waals surface area contributed by atoms with Crippen LogP contribution in [0, 0.1) is 0 Å². The standard InChI is InChI=1S/C19H23N3O3S/c1-21(16-7-3-2-4-8-16)26(24,25)18-10-6-5-9-17(18)19(23)22-13-11-15(20)12-14-22/h2-10,15H,11-14,20H2,1H3. The summed E-state index contributed by atoms with van der Waals surface area (Å²) in [5, 5.41) is 0. The van der Waals surface area contributed by atoms with Gasteiger partial charge in [0, 0.05) is 26.2 Å². The first kappa shape index (κ1) is 18.4. The molecule has 0 atom stereocenters. The Bertz CT molecular complexity index is 876. The molecule has 1 aliphatic heterocycles. The molecule has 0 saturated carbocycles. The average molecular weight is 373 g/mol. The number of nitrogens with two attached hydrogens (primary N) is 1. The molecule has 0 aliphatic carbocycles. The maximum atomic E-state index is 13.1. The van der Waals surface area contributed by atoms with Gasteiger partial charge >= 0.3 is 0 Å². The molecule has 3 rings (SSSR count). The van der Waals surface area contributed by atoms with Crippen LogP contribution in [0.25, 0.3) is 0 Å². The molecule has 2 aromatic carbocycles. The van der Waals surface area contributed by atoms with Crippen LogP contribution in [0.5, 0.6) is 0 Å². The molecule has 1 saturated heterocycles. The number of benzene rings is 2. The van der Waals surface area contributed by atoms with E-state index in [1.54, 1.807) is 47.4 Å². The molecule has 0 unspecified atom stereocenters. The zero-order valence-electron chi connectivity index (χ0n) is 14.7. The fourth-order valence-corrected chi connectivity index (χ4v) is 4.44. The second kappa shape index (κ2) is 7.47. The zero-order chi connectivity index (χ0) is 18.7. The summed E-state index contributed by atoms with van der Waals surface area (Å²) in [6.45, 7) is 1.09. The second-order valence-electron chi connectivity index (χ2n) is 6.43. The Balaban J connectivity index is 1.95. The van der Waals surface area contributed by atoms with Crippen LogP contribution in [0.15, 0.2) is 59.5 Å². The van der Waals surface area contributed by atoms with E-state index in [1.165, 1.54) is 17.4 Å². The Labute approximate surface area is 154 Å². The number of carbonyl (C=O) groups excluding carboxylic acids is 1. The lowest BCUT2D eigenvalue weighted by Gasteiger charge is -2.31. The van der Waals surface area contributed by atoms with Crippen molar-refractivity contribution >= 4 is 21.6 Å². The highest BCUT2D eigenvalue weighted by atomic mass is 32.2. The third kappa shape index (κ3) is 3.59. The minimum atomic E-state index is -3.86. The molecular weight excluding hydrogens is 350 g/mol. The summed E-state index contributed by atoms with van der Waals surface area (Å²) in [5.41, 5.74) is 6.64. The van der Waals surface area contributed by atoms with Crippen molar-refractivity contribution in [1.82, 2.24) is 4.90 Å². The third-order valence-corrected chi connectivity index (χ3v) is 6.55. The molecule has 7 heteroatoms. The molecule has 1 heterocycles. The van der Waals surface area contributed by atoms with Gasteiger partial charge in [0.05, 0.1) is 11.3 Å². The highest BCUT2D eigenvalue weighted by Gasteiger charge is 2.30. The van der Waals surface area contributed by atoms with Gasteiger partial charge in [-0.3, -0.25) is 9.10 Å². The van der Waals surface area contributed by atoms with E-state index in [1.807, 2.05) is 6.07 Å². The summed E-state index contributed by atoms with van der Waals surface area (Å²) in [4.78, 5) is 14.6. The van der Waals surface area contributed by atoms with E-state index in [2.05, 4.69) is 0 Å².